The minimum atomic E-state index is -0.935. The average Bonchev–Trinajstić information content (AvgIpc) is 2.72. The van der Waals surface area contributed by atoms with E-state index in [2.05, 4.69) is 10.6 Å². The van der Waals surface area contributed by atoms with Gasteiger partial charge in [-0.3, -0.25) is 4.79 Å². The van der Waals surface area contributed by atoms with Gasteiger partial charge < -0.3 is 20.5 Å². The standard InChI is InChI=1S/C10H18N2O4S/c1-17-4-2-3-11-10(15)12-8-6-16-5-7(8)9(13)14/h7-8H,2-6H2,1H3,(H,13,14)(H2,11,12,15). The summed E-state index contributed by atoms with van der Waals surface area (Å²) in [5, 5.41) is 14.2. The normalized spacial score (nSPS) is 23.4. The molecular weight excluding hydrogens is 244 g/mol. The van der Waals surface area contributed by atoms with Gasteiger partial charge in [-0.25, -0.2) is 4.79 Å². The van der Waals surface area contributed by atoms with Crippen molar-refractivity contribution in [1.82, 2.24) is 10.6 Å². The Labute approximate surface area is 104 Å². The summed E-state index contributed by atoms with van der Waals surface area (Å²) in [4.78, 5) is 22.3. The van der Waals surface area contributed by atoms with E-state index >= 15 is 0 Å². The second-order valence-corrected chi connectivity index (χ2v) is 4.82. The Morgan fingerprint density at radius 3 is 2.88 bits per heavy atom. The molecule has 0 saturated carbocycles. The van der Waals surface area contributed by atoms with Gasteiger partial charge in [-0.2, -0.15) is 11.8 Å². The molecule has 2 unspecified atom stereocenters. The van der Waals surface area contributed by atoms with E-state index in [4.69, 9.17) is 9.84 Å². The summed E-state index contributed by atoms with van der Waals surface area (Å²) >= 11 is 1.72. The molecule has 1 rings (SSSR count). The molecule has 3 N–H and O–H groups in total. The Hall–Kier alpha value is -0.950. The molecule has 7 heteroatoms. The number of carboxylic acid groups (broad SMARTS) is 1. The summed E-state index contributed by atoms with van der Waals surface area (Å²) < 4.78 is 5.05. The second-order valence-electron chi connectivity index (χ2n) is 3.84. The number of nitrogens with one attached hydrogen (secondary N) is 2. The Morgan fingerprint density at radius 2 is 2.24 bits per heavy atom. The van der Waals surface area contributed by atoms with Gasteiger partial charge in [0.15, 0.2) is 0 Å². The lowest BCUT2D eigenvalue weighted by molar-refractivity contribution is -0.142. The number of aliphatic carboxylic acids is 1. The van der Waals surface area contributed by atoms with Gasteiger partial charge in [-0.15, -0.1) is 0 Å². The van der Waals surface area contributed by atoms with Crippen LogP contribution in [0.25, 0.3) is 0 Å². The van der Waals surface area contributed by atoms with Crippen LogP contribution in [0.3, 0.4) is 0 Å². The van der Waals surface area contributed by atoms with Gasteiger partial charge in [-0.05, 0) is 18.4 Å². The van der Waals surface area contributed by atoms with E-state index in [1.54, 1.807) is 11.8 Å². The largest absolute Gasteiger partial charge is 0.481 e. The molecular formula is C10H18N2O4S. The van der Waals surface area contributed by atoms with Gasteiger partial charge in [0.25, 0.3) is 0 Å². The zero-order valence-corrected chi connectivity index (χ0v) is 10.6. The molecule has 0 spiro atoms. The quantitative estimate of drug-likeness (QED) is 0.593. The molecule has 0 aromatic rings. The first-order valence-corrected chi connectivity index (χ1v) is 6.88. The second kappa shape index (κ2) is 7.39. The van der Waals surface area contributed by atoms with Gasteiger partial charge in [0.05, 0.1) is 19.3 Å². The van der Waals surface area contributed by atoms with Crippen molar-refractivity contribution >= 4 is 23.8 Å². The van der Waals surface area contributed by atoms with E-state index in [1.807, 2.05) is 6.26 Å². The van der Waals surface area contributed by atoms with Gasteiger partial charge in [0.1, 0.15) is 5.92 Å². The number of carbonyl (C=O) groups is 2. The number of carboxylic acids is 1. The lowest BCUT2D eigenvalue weighted by atomic mass is 10.0. The van der Waals surface area contributed by atoms with Crippen molar-refractivity contribution in [3.8, 4) is 0 Å². The van der Waals surface area contributed by atoms with E-state index < -0.39 is 17.9 Å². The first kappa shape index (κ1) is 14.1. The van der Waals surface area contributed by atoms with Gasteiger partial charge in [-0.1, -0.05) is 0 Å². The number of rotatable bonds is 6. The van der Waals surface area contributed by atoms with Crippen molar-refractivity contribution < 1.29 is 19.4 Å². The van der Waals surface area contributed by atoms with Crippen LogP contribution in [0, 0.1) is 5.92 Å². The van der Waals surface area contributed by atoms with E-state index in [1.165, 1.54) is 0 Å². The fourth-order valence-corrected chi connectivity index (χ4v) is 2.01. The van der Waals surface area contributed by atoms with Crippen molar-refractivity contribution in [2.24, 2.45) is 5.92 Å². The number of thioether (sulfide) groups is 1. The molecule has 17 heavy (non-hydrogen) atoms. The zero-order chi connectivity index (χ0) is 12.7. The molecule has 1 heterocycles. The Kier molecular flexibility index (Phi) is 6.13. The summed E-state index contributed by atoms with van der Waals surface area (Å²) in [6.45, 7) is 1.01. The fraction of sp³-hybridized carbons (Fsp3) is 0.800. The summed E-state index contributed by atoms with van der Waals surface area (Å²) in [5.74, 6) is -0.591. The lowest BCUT2D eigenvalue weighted by Crippen LogP contribution is -2.47. The van der Waals surface area contributed by atoms with E-state index in [0.29, 0.717) is 6.54 Å². The monoisotopic (exact) mass is 262 g/mol. The molecule has 0 aromatic heterocycles. The van der Waals surface area contributed by atoms with E-state index in [9.17, 15) is 9.59 Å². The van der Waals surface area contributed by atoms with Gasteiger partial charge in [0.2, 0.25) is 0 Å². The highest BCUT2D eigenvalue weighted by molar-refractivity contribution is 7.98. The van der Waals surface area contributed by atoms with Crippen molar-refractivity contribution in [2.45, 2.75) is 12.5 Å². The number of amides is 2. The number of carbonyl (C=O) groups excluding carboxylic acids is 1. The van der Waals surface area contributed by atoms with Crippen LogP contribution < -0.4 is 10.6 Å². The van der Waals surface area contributed by atoms with Crippen LogP contribution in [0.5, 0.6) is 0 Å². The first-order valence-electron chi connectivity index (χ1n) is 5.49. The Balaban J connectivity index is 2.23. The van der Waals surface area contributed by atoms with Crippen LogP contribution >= 0.6 is 11.8 Å². The number of hydrogen-bond acceptors (Lipinski definition) is 4. The van der Waals surface area contributed by atoms with Crippen molar-refractivity contribution in [3.05, 3.63) is 0 Å². The zero-order valence-electron chi connectivity index (χ0n) is 9.77. The summed E-state index contributed by atoms with van der Waals surface area (Å²) in [7, 11) is 0. The van der Waals surface area contributed by atoms with Crippen molar-refractivity contribution in [2.75, 3.05) is 31.8 Å². The predicted octanol–water partition coefficient (Wildman–Crippen LogP) is 0.138. The minimum absolute atomic E-state index is 0.159. The maximum atomic E-state index is 11.5. The lowest BCUT2D eigenvalue weighted by Gasteiger charge is -2.16. The third kappa shape index (κ3) is 4.82. The van der Waals surface area contributed by atoms with E-state index in [-0.39, 0.29) is 19.2 Å². The van der Waals surface area contributed by atoms with Crippen molar-refractivity contribution in [3.63, 3.8) is 0 Å². The van der Waals surface area contributed by atoms with Crippen LogP contribution in [0.1, 0.15) is 6.42 Å². The number of ether oxygens (including phenoxy) is 1. The molecule has 1 saturated heterocycles. The minimum Gasteiger partial charge on any atom is -0.481 e. The molecule has 6 nitrogen and oxygen atoms in total. The summed E-state index contributed by atoms with van der Waals surface area (Å²) in [6.07, 6.45) is 2.91. The smallest absolute Gasteiger partial charge is 0.315 e. The summed E-state index contributed by atoms with van der Waals surface area (Å²) in [6, 6.07) is -0.763. The molecule has 0 radical (unpaired) electrons. The maximum absolute atomic E-state index is 11.5. The SMILES string of the molecule is CSCCCNC(=O)NC1COCC1C(=O)O. The fourth-order valence-electron chi connectivity index (χ4n) is 1.58. The summed E-state index contributed by atoms with van der Waals surface area (Å²) in [5.41, 5.74) is 0. The maximum Gasteiger partial charge on any atom is 0.315 e. The third-order valence-corrected chi connectivity index (χ3v) is 3.22. The molecule has 1 aliphatic rings. The Bertz CT molecular complexity index is 275. The molecule has 0 aliphatic carbocycles. The van der Waals surface area contributed by atoms with Gasteiger partial charge >= 0.3 is 12.0 Å². The van der Waals surface area contributed by atoms with Crippen LogP contribution in [-0.2, 0) is 9.53 Å². The molecule has 2 atom stereocenters. The van der Waals surface area contributed by atoms with Crippen molar-refractivity contribution in [1.29, 1.82) is 0 Å². The molecule has 98 valence electrons. The molecule has 1 aliphatic heterocycles. The Morgan fingerprint density at radius 1 is 1.47 bits per heavy atom. The highest BCUT2D eigenvalue weighted by Gasteiger charge is 2.34. The number of urea groups is 1. The van der Waals surface area contributed by atoms with Crippen LogP contribution in [0.2, 0.25) is 0 Å². The van der Waals surface area contributed by atoms with Crippen LogP contribution in [0.15, 0.2) is 0 Å². The van der Waals surface area contributed by atoms with Gasteiger partial charge in [0, 0.05) is 6.54 Å². The topological polar surface area (TPSA) is 87.7 Å². The number of hydrogen-bond donors (Lipinski definition) is 3. The first-order chi connectivity index (χ1) is 8.15. The van der Waals surface area contributed by atoms with Crippen LogP contribution in [-0.4, -0.2) is 54.9 Å². The molecule has 0 aromatic carbocycles. The average molecular weight is 262 g/mol. The molecule has 1 fully saturated rings. The molecule has 2 amide bonds. The van der Waals surface area contributed by atoms with Crippen LogP contribution in [0.4, 0.5) is 4.79 Å². The molecule has 0 bridgehead atoms. The van der Waals surface area contributed by atoms with E-state index in [0.717, 1.165) is 12.2 Å². The third-order valence-electron chi connectivity index (χ3n) is 2.53. The highest BCUT2D eigenvalue weighted by atomic mass is 32.2. The predicted molar refractivity (Wildman–Crippen MR) is 65.3 cm³/mol. The highest BCUT2D eigenvalue weighted by Crippen LogP contribution is 2.13.